The second-order valence-corrected chi connectivity index (χ2v) is 5.60. The summed E-state index contributed by atoms with van der Waals surface area (Å²) in [5, 5.41) is 3.08. The molecule has 0 aliphatic heterocycles. The molecule has 0 saturated carbocycles. The van der Waals surface area contributed by atoms with Gasteiger partial charge in [-0.05, 0) is 43.3 Å². The van der Waals surface area contributed by atoms with E-state index in [0.29, 0.717) is 12.1 Å². The highest BCUT2D eigenvalue weighted by Gasteiger charge is 2.19. The average Bonchev–Trinajstić information content (AvgIpc) is 2.44. The molecule has 1 atom stereocenters. The Kier molecular flexibility index (Phi) is 5.42. The van der Waals surface area contributed by atoms with E-state index in [4.69, 9.17) is 0 Å². The maximum atomic E-state index is 14.0. The smallest absolute Gasteiger partial charge is 0.129 e. The van der Waals surface area contributed by atoms with E-state index in [1.165, 1.54) is 24.3 Å². The van der Waals surface area contributed by atoms with E-state index < -0.39 is 23.5 Å². The van der Waals surface area contributed by atoms with Gasteiger partial charge in [0.1, 0.15) is 17.5 Å². The molecular formula is C16H15BrF3N. The molecule has 1 nitrogen and oxygen atoms in total. The lowest BCUT2D eigenvalue weighted by Crippen LogP contribution is -2.24. The molecule has 0 aliphatic rings. The number of nitrogens with one attached hydrogen (secondary N) is 1. The lowest BCUT2D eigenvalue weighted by atomic mass is 9.97. The van der Waals surface area contributed by atoms with Crippen molar-refractivity contribution in [2.45, 2.75) is 19.4 Å². The van der Waals surface area contributed by atoms with Crippen LogP contribution in [-0.2, 0) is 6.42 Å². The normalized spacial score (nSPS) is 12.4. The number of halogens is 4. The van der Waals surface area contributed by atoms with Crippen LogP contribution >= 0.6 is 15.9 Å². The third-order valence-electron chi connectivity index (χ3n) is 3.25. The highest BCUT2D eigenvalue weighted by atomic mass is 79.9. The minimum Gasteiger partial charge on any atom is -0.310 e. The first-order valence-corrected chi connectivity index (χ1v) is 7.43. The highest BCUT2D eigenvalue weighted by Crippen LogP contribution is 2.26. The molecule has 0 aliphatic carbocycles. The molecule has 0 heterocycles. The molecule has 5 heteroatoms. The van der Waals surface area contributed by atoms with Gasteiger partial charge in [-0.15, -0.1) is 0 Å². The van der Waals surface area contributed by atoms with Gasteiger partial charge in [0.15, 0.2) is 0 Å². The van der Waals surface area contributed by atoms with Crippen molar-refractivity contribution in [1.29, 1.82) is 0 Å². The summed E-state index contributed by atoms with van der Waals surface area (Å²) in [6.45, 7) is 2.42. The van der Waals surface area contributed by atoms with Crippen molar-refractivity contribution in [3.63, 3.8) is 0 Å². The van der Waals surface area contributed by atoms with Crippen LogP contribution in [0.25, 0.3) is 0 Å². The zero-order chi connectivity index (χ0) is 15.4. The molecule has 0 amide bonds. The van der Waals surface area contributed by atoms with Crippen LogP contribution in [0.5, 0.6) is 0 Å². The fourth-order valence-electron chi connectivity index (χ4n) is 2.25. The number of rotatable bonds is 5. The van der Waals surface area contributed by atoms with E-state index in [0.717, 1.165) is 4.47 Å². The summed E-state index contributed by atoms with van der Waals surface area (Å²) in [6.07, 6.45) is 0.0414. The topological polar surface area (TPSA) is 12.0 Å². The average molecular weight is 358 g/mol. The van der Waals surface area contributed by atoms with Gasteiger partial charge in [-0.3, -0.25) is 0 Å². The van der Waals surface area contributed by atoms with Crippen LogP contribution in [0.1, 0.15) is 24.1 Å². The summed E-state index contributed by atoms with van der Waals surface area (Å²) in [6, 6.07) is 7.78. The lowest BCUT2D eigenvalue weighted by molar-refractivity contribution is 0.480. The summed E-state index contributed by atoms with van der Waals surface area (Å²) in [5.74, 6) is -1.64. The van der Waals surface area contributed by atoms with Gasteiger partial charge in [0.2, 0.25) is 0 Å². The number of likely N-dealkylation sites (N-methyl/N-ethyl adjacent to an activating group) is 1. The predicted octanol–water partition coefficient (Wildman–Crippen LogP) is 4.76. The molecule has 112 valence electrons. The van der Waals surface area contributed by atoms with Crippen LogP contribution in [0.2, 0.25) is 0 Å². The van der Waals surface area contributed by atoms with E-state index >= 15 is 0 Å². The molecule has 0 fully saturated rings. The third kappa shape index (κ3) is 3.86. The van der Waals surface area contributed by atoms with Gasteiger partial charge in [0.05, 0.1) is 0 Å². The first-order chi connectivity index (χ1) is 10.0. The van der Waals surface area contributed by atoms with Crippen LogP contribution in [0.3, 0.4) is 0 Å². The molecule has 1 unspecified atom stereocenters. The molecule has 0 radical (unpaired) electrons. The van der Waals surface area contributed by atoms with Crippen LogP contribution in [0.4, 0.5) is 13.2 Å². The third-order valence-corrected chi connectivity index (χ3v) is 3.75. The molecule has 0 bridgehead atoms. The van der Waals surface area contributed by atoms with Crippen LogP contribution in [0, 0.1) is 17.5 Å². The zero-order valence-corrected chi connectivity index (χ0v) is 13.1. The fraction of sp³-hybridized carbons (Fsp3) is 0.250. The molecule has 2 rings (SSSR count). The molecule has 1 N–H and O–H groups in total. The van der Waals surface area contributed by atoms with Gasteiger partial charge in [0, 0.05) is 21.6 Å². The van der Waals surface area contributed by atoms with Crippen LogP contribution < -0.4 is 5.32 Å². The monoisotopic (exact) mass is 357 g/mol. The van der Waals surface area contributed by atoms with Crippen molar-refractivity contribution in [2.75, 3.05) is 6.54 Å². The molecule has 0 aromatic heterocycles. The van der Waals surface area contributed by atoms with Crippen molar-refractivity contribution in [3.8, 4) is 0 Å². The van der Waals surface area contributed by atoms with E-state index in [9.17, 15) is 13.2 Å². The summed E-state index contributed by atoms with van der Waals surface area (Å²) in [7, 11) is 0. The lowest BCUT2D eigenvalue weighted by Gasteiger charge is -2.20. The quantitative estimate of drug-likeness (QED) is 0.813. The molecule has 0 spiro atoms. The van der Waals surface area contributed by atoms with Crippen molar-refractivity contribution in [3.05, 3.63) is 69.4 Å². The summed E-state index contributed by atoms with van der Waals surface area (Å²) in [5.41, 5.74) is 0.344. The minimum absolute atomic E-state index is 0.0391. The fourth-order valence-corrected chi connectivity index (χ4v) is 2.63. The van der Waals surface area contributed by atoms with E-state index in [-0.39, 0.29) is 12.0 Å². The summed E-state index contributed by atoms with van der Waals surface area (Å²) < 4.78 is 42.3. The Morgan fingerprint density at radius 2 is 1.71 bits per heavy atom. The van der Waals surface area contributed by atoms with Gasteiger partial charge in [0.25, 0.3) is 0 Å². The second kappa shape index (κ2) is 7.09. The van der Waals surface area contributed by atoms with Crippen molar-refractivity contribution in [2.24, 2.45) is 0 Å². The second-order valence-electron chi connectivity index (χ2n) is 4.68. The SMILES string of the molecule is CCNC(Cc1c(F)cccc1F)c1cc(Br)ccc1F. The highest BCUT2D eigenvalue weighted by molar-refractivity contribution is 9.10. The summed E-state index contributed by atoms with van der Waals surface area (Å²) in [4.78, 5) is 0. The molecular weight excluding hydrogens is 343 g/mol. The van der Waals surface area contributed by atoms with Gasteiger partial charge in [-0.25, -0.2) is 13.2 Å². The van der Waals surface area contributed by atoms with Gasteiger partial charge in [-0.1, -0.05) is 28.9 Å². The first kappa shape index (κ1) is 16.0. The maximum absolute atomic E-state index is 14.0. The Morgan fingerprint density at radius 3 is 2.33 bits per heavy atom. The Morgan fingerprint density at radius 1 is 1.05 bits per heavy atom. The number of hydrogen-bond donors (Lipinski definition) is 1. The first-order valence-electron chi connectivity index (χ1n) is 6.64. The van der Waals surface area contributed by atoms with Crippen molar-refractivity contribution < 1.29 is 13.2 Å². The zero-order valence-electron chi connectivity index (χ0n) is 11.5. The molecule has 2 aromatic carbocycles. The van der Waals surface area contributed by atoms with Crippen molar-refractivity contribution in [1.82, 2.24) is 5.32 Å². The van der Waals surface area contributed by atoms with Gasteiger partial charge >= 0.3 is 0 Å². The van der Waals surface area contributed by atoms with E-state index in [1.54, 1.807) is 12.1 Å². The van der Waals surface area contributed by atoms with E-state index in [2.05, 4.69) is 21.2 Å². The maximum Gasteiger partial charge on any atom is 0.129 e. The summed E-state index contributed by atoms with van der Waals surface area (Å²) >= 11 is 3.29. The van der Waals surface area contributed by atoms with E-state index in [1.807, 2.05) is 6.92 Å². The van der Waals surface area contributed by atoms with Crippen LogP contribution in [-0.4, -0.2) is 6.54 Å². The standard InChI is InChI=1S/C16H15BrF3N/c1-2-21-16(12-8-10(17)6-7-15(12)20)9-11-13(18)4-3-5-14(11)19/h3-8,16,21H,2,9H2,1H3. The molecule has 2 aromatic rings. The Bertz CT molecular complexity index is 611. The Balaban J connectivity index is 2.38. The number of benzene rings is 2. The predicted molar refractivity (Wildman–Crippen MR) is 80.6 cm³/mol. The van der Waals surface area contributed by atoms with Gasteiger partial charge in [-0.2, -0.15) is 0 Å². The Labute approximate surface area is 130 Å². The largest absolute Gasteiger partial charge is 0.310 e. The number of hydrogen-bond acceptors (Lipinski definition) is 1. The van der Waals surface area contributed by atoms with Gasteiger partial charge < -0.3 is 5.32 Å². The minimum atomic E-state index is -0.617. The van der Waals surface area contributed by atoms with Crippen molar-refractivity contribution >= 4 is 15.9 Å². The molecule has 0 saturated heterocycles. The molecule has 21 heavy (non-hydrogen) atoms. The van der Waals surface area contributed by atoms with Crippen LogP contribution in [0.15, 0.2) is 40.9 Å². The Hall–Kier alpha value is -1.33.